The van der Waals surface area contributed by atoms with E-state index in [4.69, 9.17) is 4.74 Å². The van der Waals surface area contributed by atoms with Gasteiger partial charge in [0.05, 0.1) is 5.69 Å². The summed E-state index contributed by atoms with van der Waals surface area (Å²) < 4.78 is 19.6. The fourth-order valence-corrected chi connectivity index (χ4v) is 3.02. The van der Waals surface area contributed by atoms with Crippen molar-refractivity contribution in [2.45, 2.75) is 6.54 Å². The molecule has 0 aliphatic carbocycles. The van der Waals surface area contributed by atoms with Crippen LogP contribution in [0.25, 0.3) is 0 Å². The Morgan fingerprint density at radius 2 is 1.71 bits per heavy atom. The van der Waals surface area contributed by atoms with Crippen LogP contribution in [0.3, 0.4) is 0 Å². The molecule has 0 bridgehead atoms. The molecule has 0 atom stereocenters. The maximum Gasteiger partial charge on any atom is 0.146 e. The van der Waals surface area contributed by atoms with E-state index in [1.165, 1.54) is 11.6 Å². The first-order valence-electron chi connectivity index (χ1n) is 8.31. The Morgan fingerprint density at radius 1 is 1.00 bits per heavy atom. The molecular weight excluding hydrogens is 303 g/mol. The topological polar surface area (TPSA) is 15.7 Å². The van der Waals surface area contributed by atoms with E-state index >= 15 is 0 Å². The molecule has 126 valence electrons. The van der Waals surface area contributed by atoms with Crippen LogP contribution in [-0.4, -0.2) is 37.7 Å². The molecule has 1 saturated heterocycles. The van der Waals surface area contributed by atoms with Gasteiger partial charge in [-0.25, -0.2) is 4.39 Å². The molecule has 1 aliphatic heterocycles. The average molecular weight is 326 g/mol. The summed E-state index contributed by atoms with van der Waals surface area (Å²) in [6.45, 7) is 8.53. The van der Waals surface area contributed by atoms with Crippen LogP contribution in [0.1, 0.15) is 5.56 Å². The van der Waals surface area contributed by atoms with Crippen LogP contribution in [0.4, 0.5) is 10.1 Å². The van der Waals surface area contributed by atoms with E-state index in [0.717, 1.165) is 38.5 Å². The van der Waals surface area contributed by atoms with Gasteiger partial charge in [-0.15, -0.1) is 0 Å². The van der Waals surface area contributed by atoms with Gasteiger partial charge in [-0.2, -0.15) is 0 Å². The Labute approximate surface area is 143 Å². The van der Waals surface area contributed by atoms with E-state index in [-0.39, 0.29) is 5.82 Å². The smallest absolute Gasteiger partial charge is 0.146 e. The van der Waals surface area contributed by atoms with Gasteiger partial charge in [-0.05, 0) is 18.2 Å². The largest absolute Gasteiger partial charge is 0.489 e. The summed E-state index contributed by atoms with van der Waals surface area (Å²) >= 11 is 0. The Bertz CT molecular complexity index is 681. The van der Waals surface area contributed by atoms with Crippen molar-refractivity contribution in [3.05, 3.63) is 72.6 Å². The summed E-state index contributed by atoms with van der Waals surface area (Å²) in [5.74, 6) is 0.767. The molecule has 4 heteroatoms. The molecule has 0 spiro atoms. The minimum absolute atomic E-state index is 0.144. The van der Waals surface area contributed by atoms with E-state index in [9.17, 15) is 4.39 Å². The monoisotopic (exact) mass is 326 g/mol. The molecule has 0 N–H and O–H groups in total. The van der Waals surface area contributed by atoms with Gasteiger partial charge >= 0.3 is 0 Å². The van der Waals surface area contributed by atoms with Crippen molar-refractivity contribution in [2.75, 3.05) is 37.7 Å². The van der Waals surface area contributed by atoms with Crippen LogP contribution in [0.5, 0.6) is 5.75 Å². The lowest BCUT2D eigenvalue weighted by atomic mass is 10.1. The second-order valence-electron chi connectivity index (χ2n) is 5.92. The number of anilines is 1. The van der Waals surface area contributed by atoms with Crippen molar-refractivity contribution < 1.29 is 9.13 Å². The number of hydrogen-bond donors (Lipinski definition) is 0. The first kappa shape index (κ1) is 16.5. The highest BCUT2D eigenvalue weighted by atomic mass is 19.1. The van der Waals surface area contributed by atoms with E-state index in [1.807, 2.05) is 30.3 Å². The third kappa shape index (κ3) is 3.95. The molecule has 0 aromatic heterocycles. The summed E-state index contributed by atoms with van der Waals surface area (Å²) in [4.78, 5) is 4.50. The first-order valence-corrected chi connectivity index (χ1v) is 8.31. The highest BCUT2D eigenvalue weighted by Crippen LogP contribution is 2.23. The number of piperazine rings is 1. The van der Waals surface area contributed by atoms with Gasteiger partial charge in [0.15, 0.2) is 0 Å². The molecule has 2 aromatic rings. The minimum atomic E-state index is -0.144. The molecule has 0 radical (unpaired) electrons. The van der Waals surface area contributed by atoms with Gasteiger partial charge in [0.2, 0.25) is 0 Å². The Kier molecular flexibility index (Phi) is 5.49. The SMILES string of the molecule is C=CCOc1ccccc1CN1CCN(c2ccccc2F)CC1. The third-order valence-corrected chi connectivity index (χ3v) is 4.29. The first-order chi connectivity index (χ1) is 11.8. The number of halogens is 1. The Morgan fingerprint density at radius 3 is 2.46 bits per heavy atom. The zero-order valence-electron chi connectivity index (χ0n) is 13.8. The number of benzene rings is 2. The lowest BCUT2D eigenvalue weighted by molar-refractivity contribution is 0.244. The van der Waals surface area contributed by atoms with Crippen molar-refractivity contribution >= 4 is 5.69 Å². The maximum atomic E-state index is 13.9. The summed E-state index contributed by atoms with van der Waals surface area (Å²) in [6.07, 6.45) is 1.75. The molecule has 3 rings (SSSR count). The van der Waals surface area contributed by atoms with Crippen LogP contribution in [0.15, 0.2) is 61.2 Å². The van der Waals surface area contributed by atoms with Gasteiger partial charge in [-0.1, -0.05) is 43.0 Å². The summed E-state index contributed by atoms with van der Waals surface area (Å²) in [6, 6.07) is 15.1. The van der Waals surface area contributed by atoms with Gasteiger partial charge in [0, 0.05) is 38.3 Å². The van der Waals surface area contributed by atoms with Crippen molar-refractivity contribution in [1.82, 2.24) is 4.90 Å². The fraction of sp³-hybridized carbons (Fsp3) is 0.300. The van der Waals surface area contributed by atoms with Gasteiger partial charge in [0.1, 0.15) is 18.2 Å². The maximum absolute atomic E-state index is 13.9. The summed E-state index contributed by atoms with van der Waals surface area (Å²) in [5.41, 5.74) is 1.88. The molecule has 3 nitrogen and oxygen atoms in total. The predicted molar refractivity (Wildman–Crippen MR) is 96.0 cm³/mol. The van der Waals surface area contributed by atoms with Crippen LogP contribution in [-0.2, 0) is 6.54 Å². The van der Waals surface area contributed by atoms with E-state index in [0.29, 0.717) is 12.3 Å². The number of ether oxygens (including phenoxy) is 1. The number of hydrogen-bond acceptors (Lipinski definition) is 3. The van der Waals surface area contributed by atoms with E-state index < -0.39 is 0 Å². The summed E-state index contributed by atoms with van der Waals surface area (Å²) in [7, 11) is 0. The molecule has 1 heterocycles. The van der Waals surface area contributed by atoms with Crippen molar-refractivity contribution in [3.63, 3.8) is 0 Å². The highest BCUT2D eigenvalue weighted by molar-refractivity contribution is 5.48. The van der Waals surface area contributed by atoms with Crippen molar-refractivity contribution in [2.24, 2.45) is 0 Å². The van der Waals surface area contributed by atoms with Crippen molar-refractivity contribution in [3.8, 4) is 5.75 Å². The normalized spacial score (nSPS) is 15.3. The van der Waals surface area contributed by atoms with Gasteiger partial charge in [0.25, 0.3) is 0 Å². The van der Waals surface area contributed by atoms with Gasteiger partial charge < -0.3 is 9.64 Å². The molecule has 1 aliphatic rings. The molecule has 0 unspecified atom stereocenters. The highest BCUT2D eigenvalue weighted by Gasteiger charge is 2.20. The molecular formula is C20H23FN2O. The lowest BCUT2D eigenvalue weighted by Gasteiger charge is -2.36. The van der Waals surface area contributed by atoms with Crippen molar-refractivity contribution in [1.29, 1.82) is 0 Å². The predicted octanol–water partition coefficient (Wildman–Crippen LogP) is 3.71. The molecule has 0 saturated carbocycles. The second kappa shape index (κ2) is 7.97. The number of para-hydroxylation sites is 2. The van der Waals surface area contributed by atoms with E-state index in [2.05, 4.69) is 22.4 Å². The zero-order chi connectivity index (χ0) is 16.8. The Balaban J connectivity index is 1.60. The molecule has 24 heavy (non-hydrogen) atoms. The third-order valence-electron chi connectivity index (χ3n) is 4.29. The summed E-state index contributed by atoms with van der Waals surface area (Å²) in [5, 5.41) is 0. The minimum Gasteiger partial charge on any atom is -0.489 e. The molecule has 2 aromatic carbocycles. The average Bonchev–Trinajstić information content (AvgIpc) is 2.62. The van der Waals surface area contributed by atoms with E-state index in [1.54, 1.807) is 12.1 Å². The molecule has 1 fully saturated rings. The van der Waals surface area contributed by atoms with Gasteiger partial charge in [-0.3, -0.25) is 4.90 Å². The second-order valence-corrected chi connectivity index (χ2v) is 5.92. The van der Waals surface area contributed by atoms with Crippen LogP contribution in [0, 0.1) is 5.82 Å². The fourth-order valence-electron chi connectivity index (χ4n) is 3.02. The quantitative estimate of drug-likeness (QED) is 0.753. The standard InChI is InChI=1S/C20H23FN2O/c1-2-15-24-20-10-6-3-7-17(20)16-22-11-13-23(14-12-22)19-9-5-4-8-18(19)21/h2-10H,1,11-16H2. The number of nitrogens with zero attached hydrogens (tertiary/aromatic N) is 2. The number of rotatable bonds is 6. The van der Waals surface area contributed by atoms with Crippen LogP contribution in [0.2, 0.25) is 0 Å². The Hall–Kier alpha value is -2.33. The molecule has 0 amide bonds. The van der Waals surface area contributed by atoms with Crippen LogP contribution < -0.4 is 9.64 Å². The van der Waals surface area contributed by atoms with Crippen LogP contribution >= 0.6 is 0 Å². The lowest BCUT2D eigenvalue weighted by Crippen LogP contribution is -2.46. The zero-order valence-corrected chi connectivity index (χ0v) is 13.8.